The molecule has 2 aromatic rings. The van der Waals surface area contributed by atoms with Crippen molar-refractivity contribution in [2.45, 2.75) is 72.6 Å². The first-order valence-corrected chi connectivity index (χ1v) is 14.4. The molecule has 208 valence electrons. The van der Waals surface area contributed by atoms with Crippen LogP contribution in [-0.2, 0) is 41.1 Å². The molecule has 0 saturated carbocycles. The number of hydrogen-bond acceptors (Lipinski definition) is 7. The molecule has 1 amide bonds. The van der Waals surface area contributed by atoms with Gasteiger partial charge in [-0.1, -0.05) is 76.9 Å². The standard InChI is InChI=1S/C30H36NO7P/c1-16-11-18-15-19-12-17(2)14-21(30(6,7)8)24(19)38-39(37-23(18)20(13-16)29(3,4)5)25(28(34)36-10)22(26(32)31-39)27(33)35-9/h11-14H,15H2,1-10H3. The Bertz CT molecular complexity index is 1430. The Labute approximate surface area is 229 Å². The lowest BCUT2D eigenvalue weighted by atomic mass is 9.81. The van der Waals surface area contributed by atoms with E-state index >= 15 is 0 Å². The van der Waals surface area contributed by atoms with Gasteiger partial charge in [0.2, 0.25) is 0 Å². The molecule has 0 aromatic heterocycles. The van der Waals surface area contributed by atoms with Gasteiger partial charge in [-0.25, -0.2) is 9.59 Å². The van der Waals surface area contributed by atoms with Gasteiger partial charge in [-0.05, 0) is 35.8 Å². The first-order chi connectivity index (χ1) is 18.0. The van der Waals surface area contributed by atoms with Crippen LogP contribution in [0.25, 0.3) is 0 Å². The Kier molecular flexibility index (Phi) is 7.10. The summed E-state index contributed by atoms with van der Waals surface area (Å²) in [7, 11) is -1.68. The Morgan fingerprint density at radius 3 is 1.62 bits per heavy atom. The van der Waals surface area contributed by atoms with Crippen molar-refractivity contribution in [1.29, 1.82) is 0 Å². The Hall–Kier alpha value is -3.38. The number of ether oxygens (including phenoxy) is 2. The van der Waals surface area contributed by atoms with Gasteiger partial charge in [-0.3, -0.25) is 4.79 Å². The van der Waals surface area contributed by atoms with Crippen LogP contribution in [0.3, 0.4) is 0 Å². The Morgan fingerprint density at radius 1 is 0.795 bits per heavy atom. The van der Waals surface area contributed by atoms with E-state index in [2.05, 4.69) is 46.3 Å². The third-order valence-corrected chi connectivity index (χ3v) is 9.05. The molecule has 0 bridgehead atoms. The number of carbonyl (C=O) groups excluding carboxylic acids is 3. The highest BCUT2D eigenvalue weighted by atomic mass is 31.2. The van der Waals surface area contributed by atoms with E-state index in [1.54, 1.807) is 0 Å². The van der Waals surface area contributed by atoms with Crippen molar-refractivity contribution in [3.8, 4) is 11.5 Å². The van der Waals surface area contributed by atoms with Gasteiger partial charge in [-0.2, -0.15) is 0 Å². The molecule has 2 heterocycles. The largest absolute Gasteiger partial charge is 0.465 e. The number of methoxy groups -OCH3 is 2. The van der Waals surface area contributed by atoms with Crippen molar-refractivity contribution in [3.05, 3.63) is 68.5 Å². The molecule has 0 atom stereocenters. The van der Waals surface area contributed by atoms with Crippen molar-refractivity contribution in [2.24, 2.45) is 4.74 Å². The van der Waals surface area contributed by atoms with Crippen LogP contribution in [0.4, 0.5) is 0 Å². The number of rotatable bonds is 2. The Morgan fingerprint density at radius 2 is 1.23 bits per heavy atom. The van der Waals surface area contributed by atoms with Crippen molar-refractivity contribution in [1.82, 2.24) is 0 Å². The number of esters is 2. The molecule has 0 N–H and O–H groups in total. The van der Waals surface area contributed by atoms with E-state index in [9.17, 15) is 14.4 Å². The molecule has 0 saturated heterocycles. The minimum absolute atomic E-state index is 0.346. The predicted molar refractivity (Wildman–Crippen MR) is 149 cm³/mol. The monoisotopic (exact) mass is 553 g/mol. The smallest absolute Gasteiger partial charge is 0.363 e. The van der Waals surface area contributed by atoms with Crippen LogP contribution in [-0.4, -0.2) is 32.1 Å². The maximum absolute atomic E-state index is 13.3. The second-order valence-electron chi connectivity index (χ2n) is 12.1. The van der Waals surface area contributed by atoms with Gasteiger partial charge >= 0.3 is 19.4 Å². The summed E-state index contributed by atoms with van der Waals surface area (Å²) in [5.41, 5.74) is 4.29. The van der Waals surface area contributed by atoms with Crippen LogP contribution in [0.5, 0.6) is 11.5 Å². The zero-order valence-electron chi connectivity index (χ0n) is 24.3. The van der Waals surface area contributed by atoms with Crippen LogP contribution < -0.4 is 9.05 Å². The molecule has 2 aromatic carbocycles. The number of fused-ring (bicyclic) bond motifs is 2. The molecule has 1 spiro atoms. The first kappa shape index (κ1) is 28.6. The first-order valence-electron chi connectivity index (χ1n) is 12.8. The third-order valence-electron chi connectivity index (χ3n) is 6.77. The minimum Gasteiger partial charge on any atom is -0.465 e. The summed E-state index contributed by atoms with van der Waals surface area (Å²) in [6, 6.07) is 8.12. The van der Waals surface area contributed by atoms with E-state index in [0.29, 0.717) is 17.9 Å². The molecule has 0 fully saturated rings. The average molecular weight is 554 g/mol. The minimum atomic E-state index is -3.98. The highest BCUT2D eigenvalue weighted by Crippen LogP contribution is 2.66. The lowest BCUT2D eigenvalue weighted by Gasteiger charge is -2.35. The number of nitrogens with zero attached hydrogens (tertiary/aromatic N) is 1. The van der Waals surface area contributed by atoms with E-state index in [0.717, 1.165) is 40.5 Å². The maximum Gasteiger partial charge on any atom is 0.363 e. The summed E-state index contributed by atoms with van der Waals surface area (Å²) in [6.45, 7) is 16.4. The fourth-order valence-corrected chi connectivity index (χ4v) is 7.41. The van der Waals surface area contributed by atoms with Crippen LogP contribution in [0.15, 0.2) is 39.9 Å². The molecule has 4 rings (SSSR count). The molecule has 9 heteroatoms. The topological polar surface area (TPSA) is 100 Å². The molecule has 2 aliphatic heterocycles. The van der Waals surface area contributed by atoms with Gasteiger partial charge in [-0.15, -0.1) is 4.74 Å². The lowest BCUT2D eigenvalue weighted by molar-refractivity contribution is -0.140. The van der Waals surface area contributed by atoms with E-state index < -0.39 is 30.9 Å². The van der Waals surface area contributed by atoms with Crippen molar-refractivity contribution in [2.75, 3.05) is 14.2 Å². The summed E-state index contributed by atoms with van der Waals surface area (Å²) in [6.07, 6.45) is 0.495. The van der Waals surface area contributed by atoms with Gasteiger partial charge in [0.15, 0.2) is 10.9 Å². The van der Waals surface area contributed by atoms with Gasteiger partial charge in [0.1, 0.15) is 11.5 Å². The van der Waals surface area contributed by atoms with Crippen molar-refractivity contribution < 1.29 is 32.9 Å². The lowest BCUT2D eigenvalue weighted by Crippen LogP contribution is -2.22. The molecule has 0 radical (unpaired) electrons. The van der Waals surface area contributed by atoms with E-state index in [1.807, 2.05) is 38.1 Å². The summed E-state index contributed by atoms with van der Waals surface area (Å²) >= 11 is 0. The van der Waals surface area contributed by atoms with Crippen molar-refractivity contribution in [3.63, 3.8) is 0 Å². The summed E-state index contributed by atoms with van der Waals surface area (Å²) < 4.78 is 27.7. The maximum atomic E-state index is 13.3. The zero-order valence-corrected chi connectivity index (χ0v) is 25.2. The van der Waals surface area contributed by atoms with E-state index in [-0.39, 0.29) is 16.1 Å². The molecule has 0 aliphatic carbocycles. The summed E-state index contributed by atoms with van der Waals surface area (Å²) in [5, 5.41) is -0.346. The predicted octanol–water partition coefficient (Wildman–Crippen LogP) is 6.43. The second kappa shape index (κ2) is 9.67. The fourth-order valence-electron chi connectivity index (χ4n) is 4.95. The van der Waals surface area contributed by atoms with Crippen LogP contribution in [0.1, 0.15) is 74.9 Å². The van der Waals surface area contributed by atoms with Crippen LogP contribution >= 0.6 is 7.51 Å². The number of amides is 1. The highest BCUT2D eigenvalue weighted by molar-refractivity contribution is 7.64. The van der Waals surface area contributed by atoms with Crippen LogP contribution in [0, 0.1) is 13.8 Å². The van der Waals surface area contributed by atoms with Crippen LogP contribution in [0.2, 0.25) is 0 Å². The van der Waals surface area contributed by atoms with Gasteiger partial charge in [0, 0.05) is 17.5 Å². The fraction of sp³-hybridized carbons (Fsp3) is 0.433. The van der Waals surface area contributed by atoms with E-state index in [4.69, 9.17) is 18.5 Å². The molecule has 2 aliphatic rings. The van der Waals surface area contributed by atoms with E-state index in [1.165, 1.54) is 7.11 Å². The van der Waals surface area contributed by atoms with Gasteiger partial charge in [0.25, 0.3) is 5.91 Å². The number of carbonyl (C=O) groups is 3. The highest BCUT2D eigenvalue weighted by Gasteiger charge is 2.52. The summed E-state index contributed by atoms with van der Waals surface area (Å²) in [5.74, 6) is -1.91. The average Bonchev–Trinajstić information content (AvgIpc) is 3.10. The molecular formula is C30H36NO7P. The zero-order chi connectivity index (χ0) is 29.1. The molecule has 39 heavy (non-hydrogen) atoms. The Balaban J connectivity index is 2.20. The molecule has 8 nitrogen and oxygen atoms in total. The number of aryl methyl sites for hydroxylation is 2. The quantitative estimate of drug-likeness (QED) is 0.240. The van der Waals surface area contributed by atoms with Gasteiger partial charge in [0.05, 0.1) is 14.2 Å². The second-order valence-corrected chi connectivity index (χ2v) is 14.1. The normalized spacial score (nSPS) is 16.3. The molecule has 0 unspecified atom stereocenters. The summed E-state index contributed by atoms with van der Waals surface area (Å²) in [4.78, 5) is 39.4. The number of benzene rings is 2. The van der Waals surface area contributed by atoms with Gasteiger partial charge < -0.3 is 18.5 Å². The number of hydrogen-bond donors (Lipinski definition) is 0. The van der Waals surface area contributed by atoms with Crippen molar-refractivity contribution >= 4 is 25.4 Å². The SMILES string of the molecule is COC(=O)C1=C(C(=O)OC)P2(=NC1=O)Oc1c(cc(C)cc1C(C)(C)C)Cc1cc(C)cc(C(C)(C)C)c1O2. The molecular weight excluding hydrogens is 517 g/mol. The third kappa shape index (κ3) is 5.03.